The molecule has 6 nitrogen and oxygen atoms in total. The first kappa shape index (κ1) is 26.1. The summed E-state index contributed by atoms with van der Waals surface area (Å²) in [5.41, 5.74) is 1.42. The van der Waals surface area contributed by atoms with Crippen LogP contribution in [0, 0.1) is 0 Å². The Morgan fingerprint density at radius 3 is 2.41 bits per heavy atom. The van der Waals surface area contributed by atoms with Gasteiger partial charge in [-0.25, -0.2) is 0 Å². The number of piperazine rings is 1. The van der Waals surface area contributed by atoms with Crippen LogP contribution in [0.15, 0.2) is 35.3 Å². The number of halogens is 1. The Bertz CT molecular complexity index is 535. The minimum Gasteiger partial charge on any atom is -0.385 e. The first-order chi connectivity index (χ1) is 13.8. The highest BCUT2D eigenvalue weighted by molar-refractivity contribution is 14.0. The van der Waals surface area contributed by atoms with Crippen LogP contribution in [0.5, 0.6) is 0 Å². The van der Waals surface area contributed by atoms with Crippen LogP contribution >= 0.6 is 24.0 Å². The Balaban J connectivity index is 0.00000420. The summed E-state index contributed by atoms with van der Waals surface area (Å²) in [6.07, 6.45) is 3.37. The van der Waals surface area contributed by atoms with Gasteiger partial charge in [-0.3, -0.25) is 9.89 Å². The molecule has 0 atom stereocenters. The lowest BCUT2D eigenvalue weighted by atomic mass is 10.2. The smallest absolute Gasteiger partial charge is 0.191 e. The molecule has 29 heavy (non-hydrogen) atoms. The van der Waals surface area contributed by atoms with Gasteiger partial charge in [-0.1, -0.05) is 30.3 Å². The minimum absolute atomic E-state index is 0. The van der Waals surface area contributed by atoms with Crippen molar-refractivity contribution in [3.05, 3.63) is 35.9 Å². The van der Waals surface area contributed by atoms with Crippen molar-refractivity contribution in [2.45, 2.75) is 32.7 Å². The van der Waals surface area contributed by atoms with Gasteiger partial charge in [-0.05, 0) is 38.3 Å². The fourth-order valence-electron chi connectivity index (χ4n) is 3.42. The number of nitrogens with one attached hydrogen (secondary N) is 2. The van der Waals surface area contributed by atoms with Crippen LogP contribution in [0.3, 0.4) is 0 Å². The number of hydrogen-bond donors (Lipinski definition) is 2. The summed E-state index contributed by atoms with van der Waals surface area (Å²) < 4.78 is 5.07. The van der Waals surface area contributed by atoms with E-state index in [1.807, 2.05) is 0 Å². The zero-order chi connectivity index (χ0) is 19.9. The third-order valence-corrected chi connectivity index (χ3v) is 5.03. The van der Waals surface area contributed by atoms with E-state index in [1.54, 1.807) is 7.11 Å². The van der Waals surface area contributed by atoms with E-state index in [9.17, 15) is 0 Å². The SMILES string of the molecule is CCNC(=NCCCOC)NCCCCN1CCN(Cc2ccccc2)CC1.I. The normalized spacial score (nSPS) is 15.7. The van der Waals surface area contributed by atoms with E-state index in [0.29, 0.717) is 0 Å². The van der Waals surface area contributed by atoms with Crippen LogP contribution < -0.4 is 10.6 Å². The van der Waals surface area contributed by atoms with E-state index in [-0.39, 0.29) is 24.0 Å². The number of hydrogen-bond acceptors (Lipinski definition) is 4. The molecular formula is C22H40IN5O. The minimum atomic E-state index is 0. The second kappa shape index (κ2) is 16.8. The molecule has 1 heterocycles. The highest BCUT2D eigenvalue weighted by atomic mass is 127. The quantitative estimate of drug-likeness (QED) is 0.193. The molecule has 0 aliphatic carbocycles. The fraction of sp³-hybridized carbons (Fsp3) is 0.682. The van der Waals surface area contributed by atoms with E-state index in [4.69, 9.17) is 4.74 Å². The van der Waals surface area contributed by atoms with Gasteiger partial charge in [0.1, 0.15) is 0 Å². The first-order valence-corrected chi connectivity index (χ1v) is 10.8. The molecular weight excluding hydrogens is 477 g/mol. The van der Waals surface area contributed by atoms with Gasteiger partial charge in [-0.15, -0.1) is 24.0 Å². The molecule has 1 fully saturated rings. The summed E-state index contributed by atoms with van der Waals surface area (Å²) in [5, 5.41) is 6.75. The van der Waals surface area contributed by atoms with Crippen LogP contribution in [0.4, 0.5) is 0 Å². The number of nitrogens with zero attached hydrogens (tertiary/aromatic N) is 3. The molecule has 7 heteroatoms. The molecule has 2 N–H and O–H groups in total. The number of methoxy groups -OCH3 is 1. The van der Waals surface area contributed by atoms with Crippen molar-refractivity contribution in [3.63, 3.8) is 0 Å². The molecule has 0 saturated carbocycles. The molecule has 0 aromatic heterocycles. The Labute approximate surface area is 194 Å². The average molecular weight is 518 g/mol. The molecule has 0 bridgehead atoms. The molecule has 166 valence electrons. The second-order valence-corrected chi connectivity index (χ2v) is 7.34. The molecule has 2 rings (SSSR count). The molecule has 0 amide bonds. The van der Waals surface area contributed by atoms with Crippen molar-refractivity contribution < 1.29 is 4.74 Å². The zero-order valence-electron chi connectivity index (χ0n) is 18.2. The maximum Gasteiger partial charge on any atom is 0.191 e. The van der Waals surface area contributed by atoms with Gasteiger partial charge in [-0.2, -0.15) is 0 Å². The van der Waals surface area contributed by atoms with Crippen molar-refractivity contribution in [1.82, 2.24) is 20.4 Å². The third-order valence-electron chi connectivity index (χ3n) is 5.03. The summed E-state index contributed by atoms with van der Waals surface area (Å²) in [6.45, 7) is 12.5. The van der Waals surface area contributed by atoms with Crippen molar-refractivity contribution in [2.75, 3.05) is 66.1 Å². The van der Waals surface area contributed by atoms with Gasteiger partial charge in [0.2, 0.25) is 0 Å². The first-order valence-electron chi connectivity index (χ1n) is 10.8. The van der Waals surface area contributed by atoms with Gasteiger partial charge >= 0.3 is 0 Å². The van der Waals surface area contributed by atoms with E-state index in [0.717, 1.165) is 45.2 Å². The average Bonchev–Trinajstić information content (AvgIpc) is 2.73. The number of aliphatic imine (C=N–C) groups is 1. The molecule has 1 aromatic carbocycles. The lowest BCUT2D eigenvalue weighted by molar-refractivity contribution is 0.126. The number of unbranched alkanes of at least 4 members (excludes halogenated alkanes) is 1. The molecule has 1 aromatic rings. The van der Waals surface area contributed by atoms with Gasteiger partial charge in [0.25, 0.3) is 0 Å². The van der Waals surface area contributed by atoms with Gasteiger partial charge in [0, 0.05) is 66.1 Å². The third kappa shape index (κ3) is 11.8. The van der Waals surface area contributed by atoms with Crippen LogP contribution in [-0.2, 0) is 11.3 Å². The van der Waals surface area contributed by atoms with Gasteiger partial charge in [0.15, 0.2) is 5.96 Å². The lowest BCUT2D eigenvalue weighted by Gasteiger charge is -2.34. The summed E-state index contributed by atoms with van der Waals surface area (Å²) in [7, 11) is 1.73. The van der Waals surface area contributed by atoms with Gasteiger partial charge < -0.3 is 20.3 Å². The molecule has 1 aliphatic rings. The molecule has 1 aliphatic heterocycles. The predicted octanol–water partition coefficient (Wildman–Crippen LogP) is 2.79. The van der Waals surface area contributed by atoms with Crippen LogP contribution in [0.25, 0.3) is 0 Å². The standard InChI is InChI=1S/C22H39N5O.HI/c1-3-23-22(25-13-9-19-28-2)24-12-7-8-14-26-15-17-27(18-16-26)20-21-10-5-4-6-11-21;/h4-6,10-11H,3,7-9,12-20H2,1-2H3,(H2,23,24,25);1H. The monoisotopic (exact) mass is 517 g/mol. The van der Waals surface area contributed by atoms with Crippen molar-refractivity contribution in [3.8, 4) is 0 Å². The summed E-state index contributed by atoms with van der Waals surface area (Å²) in [4.78, 5) is 9.75. The van der Waals surface area contributed by atoms with Crippen LogP contribution in [0.1, 0.15) is 31.7 Å². The molecule has 1 saturated heterocycles. The fourth-order valence-corrected chi connectivity index (χ4v) is 3.42. The lowest BCUT2D eigenvalue weighted by Crippen LogP contribution is -2.46. The summed E-state index contributed by atoms with van der Waals surface area (Å²) >= 11 is 0. The highest BCUT2D eigenvalue weighted by Crippen LogP contribution is 2.08. The zero-order valence-corrected chi connectivity index (χ0v) is 20.6. The van der Waals surface area contributed by atoms with Crippen molar-refractivity contribution in [2.24, 2.45) is 4.99 Å². The molecule has 0 radical (unpaired) electrons. The Morgan fingerprint density at radius 1 is 1.00 bits per heavy atom. The number of guanidine groups is 1. The highest BCUT2D eigenvalue weighted by Gasteiger charge is 2.16. The van der Waals surface area contributed by atoms with Crippen LogP contribution in [-0.4, -0.2) is 81.8 Å². The van der Waals surface area contributed by atoms with Gasteiger partial charge in [0.05, 0.1) is 0 Å². The number of rotatable bonds is 12. The van der Waals surface area contributed by atoms with E-state index in [2.05, 4.69) is 62.7 Å². The Kier molecular flexibility index (Phi) is 15.2. The maximum absolute atomic E-state index is 5.07. The van der Waals surface area contributed by atoms with E-state index in [1.165, 1.54) is 51.1 Å². The summed E-state index contributed by atoms with van der Waals surface area (Å²) in [5.74, 6) is 0.924. The Morgan fingerprint density at radius 2 is 1.72 bits per heavy atom. The maximum atomic E-state index is 5.07. The van der Waals surface area contributed by atoms with Crippen LogP contribution in [0.2, 0.25) is 0 Å². The predicted molar refractivity (Wildman–Crippen MR) is 133 cm³/mol. The molecule has 0 unspecified atom stereocenters. The number of benzene rings is 1. The second-order valence-electron chi connectivity index (χ2n) is 7.34. The molecule has 0 spiro atoms. The largest absolute Gasteiger partial charge is 0.385 e. The topological polar surface area (TPSA) is 52.1 Å². The van der Waals surface area contributed by atoms with Crippen molar-refractivity contribution in [1.29, 1.82) is 0 Å². The van der Waals surface area contributed by atoms with E-state index >= 15 is 0 Å². The van der Waals surface area contributed by atoms with E-state index < -0.39 is 0 Å². The van der Waals surface area contributed by atoms with Crippen molar-refractivity contribution >= 4 is 29.9 Å². The Hall–Kier alpha value is -0.900. The summed E-state index contributed by atoms with van der Waals surface area (Å²) in [6, 6.07) is 10.8. The number of ether oxygens (including phenoxy) is 1.